The van der Waals surface area contributed by atoms with Gasteiger partial charge in [0.05, 0.1) is 23.2 Å². The van der Waals surface area contributed by atoms with Crippen molar-refractivity contribution in [1.29, 1.82) is 0 Å². The predicted molar refractivity (Wildman–Crippen MR) is 117 cm³/mol. The van der Waals surface area contributed by atoms with E-state index in [0.717, 1.165) is 28.8 Å². The number of aryl methyl sites for hydroxylation is 1. The van der Waals surface area contributed by atoms with Gasteiger partial charge < -0.3 is 5.32 Å². The number of aromatic nitrogens is 2. The first kappa shape index (κ1) is 20.3. The lowest BCUT2D eigenvalue weighted by Gasteiger charge is -2.13. The van der Waals surface area contributed by atoms with Gasteiger partial charge in [-0.05, 0) is 37.0 Å². The molecule has 4 rings (SSSR count). The molecule has 2 heterocycles. The highest BCUT2D eigenvalue weighted by atomic mass is 32.2. The van der Waals surface area contributed by atoms with E-state index in [0.29, 0.717) is 18.7 Å². The minimum absolute atomic E-state index is 0.0581. The molecule has 0 bridgehead atoms. The molecule has 7 heteroatoms. The molecule has 1 aromatic heterocycles. The van der Waals surface area contributed by atoms with Gasteiger partial charge in [-0.1, -0.05) is 60.2 Å². The van der Waals surface area contributed by atoms with Crippen LogP contribution in [0.25, 0.3) is 11.3 Å². The van der Waals surface area contributed by atoms with Gasteiger partial charge >= 0.3 is 0 Å². The standard InChI is InChI=1S/C23H25N3O3S/c1-17-7-9-19(10-8-17)22-15-21(25-26(22)20-12-14-30(28,29)16-20)23(27)24-13-11-18-5-3-2-4-6-18/h2-10,15,20H,11-14,16H2,1H3,(H,24,27). The fourth-order valence-corrected chi connectivity index (χ4v) is 5.44. The molecule has 30 heavy (non-hydrogen) atoms. The van der Waals surface area contributed by atoms with Gasteiger partial charge in [-0.25, -0.2) is 8.42 Å². The second-order valence-electron chi connectivity index (χ2n) is 7.77. The first-order valence-electron chi connectivity index (χ1n) is 10.1. The van der Waals surface area contributed by atoms with E-state index < -0.39 is 9.84 Å². The molecule has 1 N–H and O–H groups in total. The first-order chi connectivity index (χ1) is 14.4. The Morgan fingerprint density at radius 2 is 1.87 bits per heavy atom. The molecule has 1 fully saturated rings. The molecule has 0 spiro atoms. The summed E-state index contributed by atoms with van der Waals surface area (Å²) in [6, 6.07) is 19.4. The van der Waals surface area contributed by atoms with Gasteiger partial charge in [0.1, 0.15) is 0 Å². The van der Waals surface area contributed by atoms with Crippen LogP contribution in [-0.2, 0) is 16.3 Å². The number of benzene rings is 2. The molecule has 0 saturated carbocycles. The summed E-state index contributed by atoms with van der Waals surface area (Å²) in [4.78, 5) is 12.7. The second-order valence-corrected chi connectivity index (χ2v) is 10.0. The van der Waals surface area contributed by atoms with Crippen LogP contribution in [0.5, 0.6) is 0 Å². The maximum atomic E-state index is 12.7. The summed E-state index contributed by atoms with van der Waals surface area (Å²) in [6.07, 6.45) is 1.25. The molecule has 1 aliphatic heterocycles. The molecule has 1 unspecified atom stereocenters. The normalized spacial score (nSPS) is 17.7. The Bertz CT molecular complexity index is 1140. The number of nitrogens with zero attached hydrogens (tertiary/aromatic N) is 2. The van der Waals surface area contributed by atoms with Crippen LogP contribution in [0.4, 0.5) is 0 Å². The van der Waals surface area contributed by atoms with E-state index in [2.05, 4.69) is 10.4 Å². The van der Waals surface area contributed by atoms with E-state index in [1.165, 1.54) is 0 Å². The van der Waals surface area contributed by atoms with Gasteiger partial charge in [0.2, 0.25) is 0 Å². The molecule has 156 valence electrons. The summed E-state index contributed by atoms with van der Waals surface area (Å²) in [5.41, 5.74) is 4.28. The van der Waals surface area contributed by atoms with Crippen LogP contribution < -0.4 is 5.32 Å². The zero-order valence-corrected chi connectivity index (χ0v) is 17.7. The lowest BCUT2D eigenvalue weighted by molar-refractivity contribution is 0.0948. The zero-order chi connectivity index (χ0) is 21.1. The minimum Gasteiger partial charge on any atom is -0.350 e. The number of carbonyl (C=O) groups is 1. The van der Waals surface area contributed by atoms with Crippen LogP contribution in [0.3, 0.4) is 0 Å². The summed E-state index contributed by atoms with van der Waals surface area (Å²) in [5.74, 6) is -0.0367. The number of hydrogen-bond acceptors (Lipinski definition) is 4. The SMILES string of the molecule is Cc1ccc(-c2cc(C(=O)NCCc3ccccc3)nn2C2CCS(=O)(=O)C2)cc1. The molecule has 2 aromatic carbocycles. The quantitative estimate of drug-likeness (QED) is 0.660. The topological polar surface area (TPSA) is 81.1 Å². The predicted octanol–water partition coefficient (Wildman–Crippen LogP) is 3.19. The average Bonchev–Trinajstić information content (AvgIpc) is 3.33. The third-order valence-electron chi connectivity index (χ3n) is 5.41. The summed E-state index contributed by atoms with van der Waals surface area (Å²) in [5, 5.41) is 7.44. The Morgan fingerprint density at radius 1 is 1.13 bits per heavy atom. The largest absolute Gasteiger partial charge is 0.350 e. The summed E-state index contributed by atoms with van der Waals surface area (Å²) >= 11 is 0. The average molecular weight is 424 g/mol. The molecule has 0 aliphatic carbocycles. The van der Waals surface area contributed by atoms with Crippen molar-refractivity contribution in [2.45, 2.75) is 25.8 Å². The number of carbonyl (C=O) groups excluding carboxylic acids is 1. The van der Waals surface area contributed by atoms with Crippen molar-refractivity contribution >= 4 is 15.7 Å². The molecule has 1 aliphatic rings. The first-order valence-corrected chi connectivity index (χ1v) is 11.9. The fraction of sp³-hybridized carbons (Fsp3) is 0.304. The number of rotatable bonds is 6. The molecular weight excluding hydrogens is 398 g/mol. The minimum atomic E-state index is -3.07. The highest BCUT2D eigenvalue weighted by molar-refractivity contribution is 7.91. The number of sulfone groups is 1. The van der Waals surface area contributed by atoms with Crippen molar-refractivity contribution < 1.29 is 13.2 Å². The maximum Gasteiger partial charge on any atom is 0.271 e. The molecule has 1 saturated heterocycles. The van der Waals surface area contributed by atoms with Crippen LogP contribution in [0, 0.1) is 6.92 Å². The smallest absolute Gasteiger partial charge is 0.271 e. The summed E-state index contributed by atoms with van der Waals surface area (Å²) in [7, 11) is -3.07. The summed E-state index contributed by atoms with van der Waals surface area (Å²) in [6.45, 7) is 2.52. The Hall–Kier alpha value is -2.93. The Kier molecular flexibility index (Phi) is 5.72. The fourth-order valence-electron chi connectivity index (χ4n) is 3.75. The molecular formula is C23H25N3O3S. The van der Waals surface area contributed by atoms with Gasteiger partial charge in [0.25, 0.3) is 5.91 Å². The molecule has 3 aromatic rings. The van der Waals surface area contributed by atoms with Gasteiger partial charge in [0, 0.05) is 6.54 Å². The molecule has 1 atom stereocenters. The van der Waals surface area contributed by atoms with Crippen molar-refractivity contribution in [2.24, 2.45) is 0 Å². The van der Waals surface area contributed by atoms with Gasteiger partial charge in [0.15, 0.2) is 15.5 Å². The van der Waals surface area contributed by atoms with Crippen LogP contribution in [0.1, 0.15) is 34.1 Å². The van der Waals surface area contributed by atoms with E-state index in [9.17, 15) is 13.2 Å². The Labute approximate surface area is 176 Å². The van der Waals surface area contributed by atoms with Crippen molar-refractivity contribution in [3.8, 4) is 11.3 Å². The molecule has 6 nitrogen and oxygen atoms in total. The van der Waals surface area contributed by atoms with E-state index in [1.807, 2.05) is 61.5 Å². The van der Waals surface area contributed by atoms with Crippen molar-refractivity contribution in [3.05, 3.63) is 77.5 Å². The Balaban J connectivity index is 1.56. The second kappa shape index (κ2) is 8.44. The van der Waals surface area contributed by atoms with Crippen LogP contribution >= 0.6 is 0 Å². The highest BCUT2D eigenvalue weighted by Crippen LogP contribution is 2.30. The van der Waals surface area contributed by atoms with Crippen LogP contribution in [0.2, 0.25) is 0 Å². The van der Waals surface area contributed by atoms with Crippen molar-refractivity contribution in [3.63, 3.8) is 0 Å². The van der Waals surface area contributed by atoms with E-state index in [4.69, 9.17) is 0 Å². The molecule has 0 radical (unpaired) electrons. The summed E-state index contributed by atoms with van der Waals surface area (Å²) < 4.78 is 25.7. The third-order valence-corrected chi connectivity index (χ3v) is 7.16. The lowest BCUT2D eigenvalue weighted by atomic mass is 10.1. The maximum absolute atomic E-state index is 12.7. The van der Waals surface area contributed by atoms with Crippen molar-refractivity contribution in [1.82, 2.24) is 15.1 Å². The lowest BCUT2D eigenvalue weighted by Crippen LogP contribution is -2.26. The highest BCUT2D eigenvalue weighted by Gasteiger charge is 2.32. The third kappa shape index (κ3) is 4.62. The van der Waals surface area contributed by atoms with E-state index >= 15 is 0 Å². The van der Waals surface area contributed by atoms with Gasteiger partial charge in [-0.2, -0.15) is 5.10 Å². The van der Waals surface area contributed by atoms with E-state index in [-0.39, 0.29) is 23.5 Å². The van der Waals surface area contributed by atoms with Gasteiger partial charge in [-0.3, -0.25) is 9.48 Å². The zero-order valence-electron chi connectivity index (χ0n) is 16.9. The Morgan fingerprint density at radius 3 is 2.53 bits per heavy atom. The monoisotopic (exact) mass is 423 g/mol. The van der Waals surface area contributed by atoms with Crippen molar-refractivity contribution in [2.75, 3.05) is 18.1 Å². The van der Waals surface area contributed by atoms with Crippen LogP contribution in [0.15, 0.2) is 60.7 Å². The number of hydrogen-bond donors (Lipinski definition) is 1. The molecule has 1 amide bonds. The number of amides is 1. The number of nitrogens with one attached hydrogen (secondary N) is 1. The van der Waals surface area contributed by atoms with Crippen LogP contribution in [-0.4, -0.2) is 42.2 Å². The van der Waals surface area contributed by atoms with Gasteiger partial charge in [-0.15, -0.1) is 0 Å². The van der Waals surface area contributed by atoms with E-state index in [1.54, 1.807) is 10.7 Å².